The number of rotatable bonds is 10. The summed E-state index contributed by atoms with van der Waals surface area (Å²) in [6.07, 6.45) is 9.35. The summed E-state index contributed by atoms with van der Waals surface area (Å²) in [6, 6.07) is 0. The fourth-order valence-electron chi connectivity index (χ4n) is 14.8. The lowest BCUT2D eigenvalue weighted by atomic mass is 9.41. The van der Waals surface area contributed by atoms with Gasteiger partial charge in [-0.15, -0.1) is 0 Å². The van der Waals surface area contributed by atoms with E-state index in [-0.39, 0.29) is 89.8 Å². The van der Waals surface area contributed by atoms with E-state index < -0.39 is 12.4 Å². The monoisotopic (exact) mass is 723 g/mol. The van der Waals surface area contributed by atoms with Crippen LogP contribution in [0.15, 0.2) is 0 Å². The molecule has 51 heavy (non-hydrogen) atoms. The van der Waals surface area contributed by atoms with E-state index in [2.05, 4.69) is 48.5 Å². The summed E-state index contributed by atoms with van der Waals surface area (Å²) in [7, 11) is 7.33. The van der Waals surface area contributed by atoms with Crippen LogP contribution >= 0.6 is 0 Å². The van der Waals surface area contributed by atoms with Crippen LogP contribution < -0.4 is 0 Å². The summed E-state index contributed by atoms with van der Waals surface area (Å²) in [5.74, 6) is 0.844. The molecule has 16 atom stereocenters. The third-order valence-electron chi connectivity index (χ3n) is 17.6. The van der Waals surface area contributed by atoms with Gasteiger partial charge in [0.25, 0.3) is 0 Å². The first-order valence-electron chi connectivity index (χ1n) is 19.8. The van der Waals surface area contributed by atoms with Crippen LogP contribution in [0.25, 0.3) is 0 Å². The third-order valence-corrected chi connectivity index (χ3v) is 17.6. The van der Waals surface area contributed by atoms with E-state index in [1.54, 1.807) is 14.2 Å². The lowest BCUT2D eigenvalue weighted by Crippen LogP contribution is -2.63. The predicted octanol–water partition coefficient (Wildman–Crippen LogP) is 6.65. The Balaban J connectivity index is 0.00000448. The van der Waals surface area contributed by atoms with Gasteiger partial charge in [0.1, 0.15) is 6.10 Å². The highest BCUT2D eigenvalue weighted by molar-refractivity contribution is 5.33. The summed E-state index contributed by atoms with van der Waals surface area (Å²) in [6.45, 7) is 17.0. The number of aliphatic hydroxyl groups excluding tert-OH is 2. The van der Waals surface area contributed by atoms with E-state index in [1.165, 1.54) is 19.3 Å². The maximum atomic E-state index is 10.2. The van der Waals surface area contributed by atoms with Gasteiger partial charge < -0.3 is 43.4 Å². The van der Waals surface area contributed by atoms with Crippen LogP contribution in [0.2, 0.25) is 0 Å². The van der Waals surface area contributed by atoms with Crippen molar-refractivity contribution >= 4 is 0 Å². The van der Waals surface area contributed by atoms with Crippen LogP contribution in [0, 0.1) is 56.7 Å². The second-order valence-electron chi connectivity index (χ2n) is 19.8. The van der Waals surface area contributed by atoms with E-state index >= 15 is 0 Å². The predicted molar refractivity (Wildman–Crippen MR) is 196 cm³/mol. The van der Waals surface area contributed by atoms with Crippen molar-refractivity contribution < 1.29 is 43.4 Å². The maximum Gasteiger partial charge on any atom is 0.184 e. The number of ether oxygens (including phenoxy) is 7. The molecule has 0 aromatic carbocycles. The normalized spacial score (nSPS) is 53.0. The Morgan fingerprint density at radius 3 is 2.10 bits per heavy atom. The summed E-state index contributed by atoms with van der Waals surface area (Å²) in [5, 5.41) is 20.2. The first kappa shape index (κ1) is 40.3. The molecule has 0 bridgehead atoms. The lowest BCUT2D eigenvalue weighted by molar-refractivity contribution is -0.302. The number of hydrogen-bond acceptors (Lipinski definition) is 9. The Labute approximate surface area is 309 Å². The largest absolute Gasteiger partial charge is 0.396 e. The second-order valence-corrected chi connectivity index (χ2v) is 19.8. The van der Waals surface area contributed by atoms with Gasteiger partial charge in [-0.25, -0.2) is 0 Å². The van der Waals surface area contributed by atoms with Crippen LogP contribution in [-0.2, 0) is 33.2 Å². The summed E-state index contributed by atoms with van der Waals surface area (Å²) in [5.41, 5.74) is -0.0151. The Bertz CT molecular complexity index is 1260. The number of aliphatic hydroxyl groups is 2. The molecule has 5 aliphatic carbocycles. The van der Waals surface area contributed by atoms with Crippen molar-refractivity contribution in [2.45, 2.75) is 162 Å². The van der Waals surface area contributed by atoms with Gasteiger partial charge in [-0.2, -0.15) is 0 Å². The van der Waals surface area contributed by atoms with Gasteiger partial charge in [0.2, 0.25) is 0 Å². The molecule has 5 saturated carbocycles. The van der Waals surface area contributed by atoms with Crippen molar-refractivity contribution in [2.75, 3.05) is 48.3 Å². The standard InChI is InChI=1S/C41H70O9.CH4/c1-35(2)29(49-34-31(46-10)25(21-43)24(20-42)22-48-34)13-15-41-23-40(41)17-16-37(5)33(39(7)14-12-30(50-39)36(3,4)47-11)27(45-9)19-38(37,6)28(40)18-26(44-8)32(35)41;/h24-34,42-43H,12-23H2,1-11H3;1H4/t24-,25+,26+,27+,28+,29+,30+,31-,32+,33+,34?,37-,38+,39-,40+,41-;/m1./s1. The molecule has 2 aliphatic heterocycles. The fourth-order valence-corrected chi connectivity index (χ4v) is 14.8. The zero-order valence-corrected chi connectivity index (χ0v) is 33.1. The van der Waals surface area contributed by atoms with Gasteiger partial charge in [0.15, 0.2) is 6.29 Å². The summed E-state index contributed by atoms with van der Waals surface area (Å²) < 4.78 is 45.2. The lowest BCUT2D eigenvalue weighted by Gasteiger charge is -2.65. The van der Waals surface area contributed by atoms with Gasteiger partial charge in [0, 0.05) is 59.4 Å². The molecule has 9 heteroatoms. The highest BCUT2D eigenvalue weighted by Gasteiger charge is 2.85. The van der Waals surface area contributed by atoms with Crippen molar-refractivity contribution in [1.82, 2.24) is 0 Å². The molecule has 0 amide bonds. The summed E-state index contributed by atoms with van der Waals surface area (Å²) >= 11 is 0. The molecule has 0 aromatic rings. The van der Waals surface area contributed by atoms with Gasteiger partial charge in [0.05, 0.1) is 42.2 Å². The fraction of sp³-hybridized carbons (Fsp3) is 1.00. The van der Waals surface area contributed by atoms with Crippen LogP contribution in [-0.4, -0.2) is 106 Å². The number of fused-ring (bicyclic) bond motifs is 2. The Hall–Kier alpha value is -0.360. The van der Waals surface area contributed by atoms with Crippen LogP contribution in [0.1, 0.15) is 114 Å². The molecule has 7 aliphatic rings. The van der Waals surface area contributed by atoms with Crippen molar-refractivity contribution in [3.05, 3.63) is 0 Å². The molecule has 7 rings (SSSR count). The molecule has 2 N–H and O–H groups in total. The van der Waals surface area contributed by atoms with Gasteiger partial charge in [-0.3, -0.25) is 0 Å². The molecular formula is C42H74O9. The van der Waals surface area contributed by atoms with Crippen molar-refractivity contribution in [1.29, 1.82) is 0 Å². The summed E-state index contributed by atoms with van der Waals surface area (Å²) in [4.78, 5) is 0. The Morgan fingerprint density at radius 1 is 0.784 bits per heavy atom. The molecule has 2 spiro atoms. The van der Waals surface area contributed by atoms with Crippen molar-refractivity contribution in [3.63, 3.8) is 0 Å². The maximum absolute atomic E-state index is 10.2. The molecule has 2 saturated heterocycles. The average Bonchev–Trinajstić information content (AvgIpc) is 3.44. The topological polar surface area (TPSA) is 105 Å². The van der Waals surface area contributed by atoms with Crippen molar-refractivity contribution in [2.24, 2.45) is 56.7 Å². The number of methoxy groups -OCH3 is 4. The smallest absolute Gasteiger partial charge is 0.184 e. The van der Waals surface area contributed by atoms with Gasteiger partial charge in [-0.05, 0) is 117 Å². The quantitative estimate of drug-likeness (QED) is 0.240. The molecule has 9 nitrogen and oxygen atoms in total. The minimum absolute atomic E-state index is 0. The van der Waals surface area contributed by atoms with Crippen LogP contribution in [0.3, 0.4) is 0 Å². The highest BCUT2D eigenvalue weighted by Crippen LogP contribution is 2.89. The van der Waals surface area contributed by atoms with E-state index in [0.717, 1.165) is 38.5 Å². The third kappa shape index (κ3) is 5.39. The van der Waals surface area contributed by atoms with E-state index in [9.17, 15) is 10.2 Å². The molecule has 0 radical (unpaired) electrons. The molecule has 2 heterocycles. The molecule has 0 aromatic heterocycles. The first-order chi connectivity index (χ1) is 23.5. The molecular weight excluding hydrogens is 648 g/mol. The zero-order chi connectivity index (χ0) is 36.3. The minimum Gasteiger partial charge on any atom is -0.396 e. The van der Waals surface area contributed by atoms with E-state index in [1.807, 2.05) is 14.2 Å². The highest BCUT2D eigenvalue weighted by atomic mass is 16.7. The number of hydrogen-bond donors (Lipinski definition) is 2. The van der Waals surface area contributed by atoms with E-state index in [0.29, 0.717) is 29.8 Å². The zero-order valence-electron chi connectivity index (χ0n) is 33.1. The van der Waals surface area contributed by atoms with Crippen molar-refractivity contribution in [3.8, 4) is 0 Å². The molecule has 1 unspecified atom stereocenters. The SMILES string of the molecule is C.CO[C@H]1C[C@@]2(C)[C@@H]3C[C@H](OC)[C@H]4C(C)(C)[C@@H](OC5OC[C@@H](CO)[C@H](CO)[C@H]5OC)CC[C@@]45C[C@@]35CC[C@]2(C)[C@H]1[C@@]1(C)CC[C@@H](C(C)(C)OC)O1. The molecule has 7 fully saturated rings. The minimum atomic E-state index is -0.576. The van der Waals surface area contributed by atoms with Gasteiger partial charge >= 0.3 is 0 Å². The Kier molecular flexibility index (Phi) is 10.6. The average molecular weight is 723 g/mol. The van der Waals surface area contributed by atoms with Gasteiger partial charge in [-0.1, -0.05) is 35.1 Å². The second kappa shape index (κ2) is 13.4. The first-order valence-corrected chi connectivity index (χ1v) is 19.8. The van der Waals surface area contributed by atoms with E-state index in [4.69, 9.17) is 33.2 Å². The molecule has 296 valence electrons. The van der Waals surface area contributed by atoms with Crippen LogP contribution in [0.4, 0.5) is 0 Å². The Morgan fingerprint density at radius 2 is 1.49 bits per heavy atom. The van der Waals surface area contributed by atoms with Crippen LogP contribution in [0.5, 0.6) is 0 Å².